The molecule has 0 aliphatic heterocycles. The summed E-state index contributed by atoms with van der Waals surface area (Å²) in [6.07, 6.45) is -0.550. The predicted octanol–water partition coefficient (Wildman–Crippen LogP) is 2.00. The lowest BCUT2D eigenvalue weighted by molar-refractivity contribution is 0.164. The van der Waals surface area contributed by atoms with Gasteiger partial charge in [-0.3, -0.25) is 0 Å². The molecular weight excluding hydrogens is 202 g/mol. The molecule has 0 aliphatic carbocycles. The van der Waals surface area contributed by atoms with Crippen LogP contribution in [0.1, 0.15) is 35.2 Å². The molecule has 0 saturated carbocycles. The molecule has 0 saturated heterocycles. The van der Waals surface area contributed by atoms with Gasteiger partial charge in [0.05, 0.1) is 19.3 Å². The van der Waals surface area contributed by atoms with Crippen LogP contribution in [-0.4, -0.2) is 18.3 Å². The number of hydrogen-bond acceptors (Lipinski definition) is 3. The van der Waals surface area contributed by atoms with Crippen LogP contribution in [-0.2, 0) is 0 Å². The largest absolute Gasteiger partial charge is 0.496 e. The zero-order chi connectivity index (χ0) is 12.5. The zero-order valence-corrected chi connectivity index (χ0v) is 10.7. The molecule has 1 aromatic rings. The van der Waals surface area contributed by atoms with E-state index in [0.29, 0.717) is 0 Å². The predicted molar refractivity (Wildman–Crippen MR) is 65.8 cm³/mol. The average Bonchev–Trinajstić information content (AvgIpc) is 2.23. The topological polar surface area (TPSA) is 55.5 Å². The molecule has 0 heterocycles. The number of ether oxygens (including phenoxy) is 1. The van der Waals surface area contributed by atoms with Gasteiger partial charge in [-0.2, -0.15) is 0 Å². The molecule has 3 heteroatoms. The van der Waals surface area contributed by atoms with E-state index in [2.05, 4.69) is 0 Å². The van der Waals surface area contributed by atoms with Gasteiger partial charge in [-0.25, -0.2) is 0 Å². The molecule has 0 spiro atoms. The first-order valence-electron chi connectivity index (χ1n) is 5.48. The number of aliphatic hydroxyl groups excluding tert-OH is 1. The number of nitrogens with two attached hydrogens (primary N) is 1. The van der Waals surface area contributed by atoms with Crippen LogP contribution in [0.15, 0.2) is 6.07 Å². The monoisotopic (exact) mass is 223 g/mol. The second-order valence-electron chi connectivity index (χ2n) is 4.33. The van der Waals surface area contributed by atoms with E-state index in [9.17, 15) is 5.11 Å². The van der Waals surface area contributed by atoms with Crippen molar-refractivity contribution in [2.75, 3.05) is 7.11 Å². The maximum atomic E-state index is 9.55. The van der Waals surface area contributed by atoms with Crippen LogP contribution in [0.2, 0.25) is 0 Å². The van der Waals surface area contributed by atoms with Gasteiger partial charge in [0.2, 0.25) is 0 Å². The fourth-order valence-corrected chi connectivity index (χ4v) is 2.01. The van der Waals surface area contributed by atoms with E-state index in [-0.39, 0.29) is 6.04 Å². The van der Waals surface area contributed by atoms with E-state index in [1.807, 2.05) is 26.8 Å². The smallest absolute Gasteiger partial charge is 0.124 e. The first-order valence-corrected chi connectivity index (χ1v) is 5.48. The Morgan fingerprint density at radius 2 is 1.81 bits per heavy atom. The van der Waals surface area contributed by atoms with Gasteiger partial charge < -0.3 is 15.6 Å². The third kappa shape index (κ3) is 2.20. The Morgan fingerprint density at radius 1 is 1.25 bits per heavy atom. The summed E-state index contributed by atoms with van der Waals surface area (Å²) in [7, 11) is 1.67. The van der Waals surface area contributed by atoms with E-state index in [1.54, 1.807) is 14.0 Å². The molecule has 1 rings (SSSR count). The van der Waals surface area contributed by atoms with Crippen molar-refractivity contribution in [3.05, 3.63) is 28.3 Å². The minimum absolute atomic E-state index is 0.344. The van der Waals surface area contributed by atoms with Gasteiger partial charge in [0, 0.05) is 0 Å². The van der Waals surface area contributed by atoms with Gasteiger partial charge >= 0.3 is 0 Å². The van der Waals surface area contributed by atoms with Crippen molar-refractivity contribution in [1.29, 1.82) is 0 Å². The molecule has 3 N–H and O–H groups in total. The molecule has 0 aromatic heterocycles. The van der Waals surface area contributed by atoms with Gasteiger partial charge in [0.25, 0.3) is 0 Å². The lowest BCUT2D eigenvalue weighted by Crippen LogP contribution is -2.24. The highest BCUT2D eigenvalue weighted by Gasteiger charge is 2.18. The Hall–Kier alpha value is -1.06. The van der Waals surface area contributed by atoms with E-state index < -0.39 is 6.10 Å². The van der Waals surface area contributed by atoms with E-state index in [4.69, 9.17) is 10.5 Å². The minimum Gasteiger partial charge on any atom is -0.496 e. The Labute approximate surface area is 97.2 Å². The standard InChI is InChI=1S/C13H21NO2/c1-7-6-11(12(14)10(4)15)8(2)9(3)13(7)16-5/h6,10,12,15H,14H2,1-5H3. The maximum Gasteiger partial charge on any atom is 0.124 e. The molecule has 2 atom stereocenters. The molecule has 1 aromatic carbocycles. The summed E-state index contributed by atoms with van der Waals surface area (Å²) in [4.78, 5) is 0. The van der Waals surface area contributed by atoms with Gasteiger partial charge in [-0.15, -0.1) is 0 Å². The SMILES string of the molecule is COc1c(C)cc(C(N)C(C)O)c(C)c1C. The number of hydrogen-bond donors (Lipinski definition) is 2. The average molecular weight is 223 g/mol. The van der Waals surface area contributed by atoms with Crippen LogP contribution in [0.5, 0.6) is 5.75 Å². The fourth-order valence-electron chi connectivity index (χ4n) is 2.01. The Bertz CT molecular complexity index is 386. The van der Waals surface area contributed by atoms with E-state index >= 15 is 0 Å². The third-order valence-electron chi connectivity index (χ3n) is 3.15. The summed E-state index contributed by atoms with van der Waals surface area (Å²) in [6.45, 7) is 7.72. The van der Waals surface area contributed by atoms with Crippen molar-refractivity contribution >= 4 is 0 Å². The number of benzene rings is 1. The van der Waals surface area contributed by atoms with Crippen LogP contribution in [0.25, 0.3) is 0 Å². The normalized spacial score (nSPS) is 14.7. The van der Waals surface area contributed by atoms with Gasteiger partial charge in [0.15, 0.2) is 0 Å². The van der Waals surface area contributed by atoms with Crippen molar-refractivity contribution in [1.82, 2.24) is 0 Å². The highest BCUT2D eigenvalue weighted by Crippen LogP contribution is 2.31. The molecule has 0 aliphatic rings. The first kappa shape index (κ1) is 13.0. The van der Waals surface area contributed by atoms with Crippen LogP contribution in [0.4, 0.5) is 0 Å². The highest BCUT2D eigenvalue weighted by molar-refractivity contribution is 5.50. The van der Waals surface area contributed by atoms with Crippen molar-refractivity contribution in [2.24, 2.45) is 5.73 Å². The van der Waals surface area contributed by atoms with Gasteiger partial charge in [-0.05, 0) is 49.9 Å². The number of rotatable bonds is 3. The third-order valence-corrected chi connectivity index (χ3v) is 3.15. The summed E-state index contributed by atoms with van der Waals surface area (Å²) in [5.74, 6) is 0.902. The Kier molecular flexibility index (Phi) is 3.94. The fraction of sp³-hybridized carbons (Fsp3) is 0.538. The van der Waals surface area contributed by atoms with Crippen molar-refractivity contribution < 1.29 is 9.84 Å². The van der Waals surface area contributed by atoms with E-state index in [1.165, 1.54) is 0 Å². The van der Waals surface area contributed by atoms with E-state index in [0.717, 1.165) is 28.0 Å². The second-order valence-corrected chi connectivity index (χ2v) is 4.33. The molecule has 3 nitrogen and oxygen atoms in total. The quantitative estimate of drug-likeness (QED) is 0.824. The molecule has 0 bridgehead atoms. The van der Waals surface area contributed by atoms with Crippen LogP contribution in [0.3, 0.4) is 0 Å². The highest BCUT2D eigenvalue weighted by atomic mass is 16.5. The van der Waals surface area contributed by atoms with Crippen molar-refractivity contribution in [3.63, 3.8) is 0 Å². The summed E-state index contributed by atoms with van der Waals surface area (Å²) in [5.41, 5.74) is 10.2. The number of aliphatic hydroxyl groups is 1. The minimum atomic E-state index is -0.550. The van der Waals surface area contributed by atoms with Crippen molar-refractivity contribution in [2.45, 2.75) is 39.8 Å². The summed E-state index contributed by atoms with van der Waals surface area (Å²) in [5, 5.41) is 9.55. The van der Waals surface area contributed by atoms with Crippen molar-refractivity contribution in [3.8, 4) is 5.75 Å². The number of aryl methyl sites for hydroxylation is 1. The summed E-state index contributed by atoms with van der Waals surface area (Å²) in [6, 6.07) is 1.65. The summed E-state index contributed by atoms with van der Waals surface area (Å²) >= 11 is 0. The number of methoxy groups -OCH3 is 1. The van der Waals surface area contributed by atoms with Crippen LogP contribution < -0.4 is 10.5 Å². The van der Waals surface area contributed by atoms with Crippen LogP contribution in [0, 0.1) is 20.8 Å². The molecule has 90 valence electrons. The molecule has 0 fully saturated rings. The molecule has 2 unspecified atom stereocenters. The maximum absolute atomic E-state index is 9.55. The lowest BCUT2D eigenvalue weighted by Gasteiger charge is -2.21. The zero-order valence-electron chi connectivity index (χ0n) is 10.7. The molecule has 0 radical (unpaired) electrons. The molecule has 16 heavy (non-hydrogen) atoms. The van der Waals surface area contributed by atoms with Crippen LogP contribution >= 0.6 is 0 Å². The first-order chi connectivity index (χ1) is 7.40. The molecule has 0 amide bonds. The second kappa shape index (κ2) is 4.85. The lowest BCUT2D eigenvalue weighted by atomic mass is 9.92. The summed E-state index contributed by atoms with van der Waals surface area (Å²) < 4.78 is 5.35. The Morgan fingerprint density at radius 3 is 2.25 bits per heavy atom. The molecular formula is C13H21NO2. The Balaban J connectivity index is 3.34. The van der Waals surface area contributed by atoms with Gasteiger partial charge in [0.1, 0.15) is 5.75 Å². The van der Waals surface area contributed by atoms with Gasteiger partial charge in [-0.1, -0.05) is 6.07 Å².